The lowest BCUT2D eigenvalue weighted by molar-refractivity contribution is 1.08. The Hall–Kier alpha value is -1.44. The van der Waals surface area contributed by atoms with Gasteiger partial charge in [-0.25, -0.2) is 0 Å². The van der Waals surface area contributed by atoms with Crippen molar-refractivity contribution >= 4 is 0 Å². The minimum atomic E-state index is 0.738. The van der Waals surface area contributed by atoms with Gasteiger partial charge in [0.15, 0.2) is 0 Å². The quantitative estimate of drug-likeness (QED) is 0.538. The SMILES string of the molecule is [O-]n1cccc2cccc1-2. The smallest absolute Gasteiger partial charge is 0.0432 e. The number of aromatic nitrogens is 1. The van der Waals surface area contributed by atoms with Gasteiger partial charge < -0.3 is 9.94 Å². The van der Waals surface area contributed by atoms with Crippen LogP contribution in [0.3, 0.4) is 0 Å². The highest BCUT2D eigenvalue weighted by Crippen LogP contribution is 2.20. The number of fused-ring (bicyclic) bond motifs is 1. The third-order valence-electron chi connectivity index (χ3n) is 1.56. The molecule has 0 saturated carbocycles. The molecule has 1 aliphatic heterocycles. The summed E-state index contributed by atoms with van der Waals surface area (Å²) in [5.41, 5.74) is 1.74. The molecule has 0 amide bonds. The highest BCUT2D eigenvalue weighted by atomic mass is 16.5. The van der Waals surface area contributed by atoms with Crippen molar-refractivity contribution in [2.24, 2.45) is 0 Å². The van der Waals surface area contributed by atoms with Crippen LogP contribution in [0.4, 0.5) is 0 Å². The van der Waals surface area contributed by atoms with Crippen LogP contribution in [0.25, 0.3) is 11.3 Å². The number of nitrogens with zero attached hydrogens (tertiary/aromatic N) is 1. The minimum absolute atomic E-state index is 0.738. The second-order valence-electron chi connectivity index (χ2n) is 2.20. The number of hydrogen-bond acceptors (Lipinski definition) is 1. The molecule has 2 nitrogen and oxygen atoms in total. The van der Waals surface area contributed by atoms with Crippen LogP contribution in [0, 0.1) is 5.21 Å². The van der Waals surface area contributed by atoms with Gasteiger partial charge in [-0.1, -0.05) is 18.2 Å². The van der Waals surface area contributed by atoms with Crippen molar-refractivity contribution in [3.63, 3.8) is 0 Å². The number of hydrogen-bond donors (Lipinski definition) is 0. The molecule has 0 bridgehead atoms. The maximum atomic E-state index is 11.0. The molecule has 0 radical (unpaired) electrons. The molecule has 0 aromatic heterocycles. The van der Waals surface area contributed by atoms with E-state index in [2.05, 4.69) is 0 Å². The van der Waals surface area contributed by atoms with Crippen molar-refractivity contribution in [2.45, 2.75) is 0 Å². The Labute approximate surface area is 58.6 Å². The summed E-state index contributed by atoms with van der Waals surface area (Å²) in [5, 5.41) is 11.0. The molecule has 0 unspecified atom stereocenters. The highest BCUT2D eigenvalue weighted by Gasteiger charge is 1.98. The van der Waals surface area contributed by atoms with Gasteiger partial charge in [-0.15, -0.1) is 0 Å². The molecule has 2 heteroatoms. The molecular weight excluding hydrogens is 126 g/mol. The van der Waals surface area contributed by atoms with E-state index in [1.54, 1.807) is 6.07 Å². The van der Waals surface area contributed by atoms with Crippen molar-refractivity contribution in [3.05, 3.63) is 41.7 Å². The fourth-order valence-electron chi connectivity index (χ4n) is 1.07. The third-order valence-corrected chi connectivity index (χ3v) is 1.56. The van der Waals surface area contributed by atoms with E-state index in [9.17, 15) is 5.21 Å². The van der Waals surface area contributed by atoms with Crippen LogP contribution in [0.1, 0.15) is 0 Å². The monoisotopic (exact) mass is 132 g/mol. The topological polar surface area (TPSA) is 28.0 Å². The first-order valence-corrected chi connectivity index (χ1v) is 3.11. The first-order valence-electron chi connectivity index (χ1n) is 3.11. The van der Waals surface area contributed by atoms with Crippen LogP contribution < -0.4 is 0 Å². The lowest BCUT2D eigenvalue weighted by Gasteiger charge is -2.14. The fourth-order valence-corrected chi connectivity index (χ4v) is 1.07. The van der Waals surface area contributed by atoms with Gasteiger partial charge >= 0.3 is 0 Å². The van der Waals surface area contributed by atoms with Crippen LogP contribution in [-0.2, 0) is 0 Å². The predicted octanol–water partition coefficient (Wildman–Crippen LogP) is 1.94. The number of rotatable bonds is 0. The molecule has 10 heavy (non-hydrogen) atoms. The number of pyridine rings is 1. The van der Waals surface area contributed by atoms with E-state index in [0.717, 1.165) is 16.0 Å². The van der Waals surface area contributed by atoms with Crippen LogP contribution in [0.2, 0.25) is 0 Å². The van der Waals surface area contributed by atoms with Crippen molar-refractivity contribution in [2.75, 3.05) is 0 Å². The Bertz CT molecular complexity index is 313. The lowest BCUT2D eigenvalue weighted by atomic mass is 10.2. The average molecular weight is 132 g/mol. The van der Waals surface area contributed by atoms with E-state index in [0.29, 0.717) is 0 Å². The zero-order chi connectivity index (χ0) is 6.97. The minimum Gasteiger partial charge on any atom is -0.806 e. The maximum absolute atomic E-state index is 11.0. The molecule has 2 rings (SSSR count). The molecule has 2 aliphatic rings. The summed E-state index contributed by atoms with van der Waals surface area (Å²) in [4.78, 5) is 0. The molecule has 1 aliphatic carbocycles. The molecule has 0 saturated heterocycles. The normalized spacial score (nSPS) is 10.4. The summed E-state index contributed by atoms with van der Waals surface area (Å²) in [7, 11) is 0. The van der Waals surface area contributed by atoms with Gasteiger partial charge in [-0.05, 0) is 23.9 Å². The zero-order valence-electron chi connectivity index (χ0n) is 5.32. The van der Waals surface area contributed by atoms with E-state index >= 15 is 0 Å². The summed E-state index contributed by atoms with van der Waals surface area (Å²) in [5.74, 6) is 0. The van der Waals surface area contributed by atoms with Crippen LogP contribution in [0.15, 0.2) is 36.5 Å². The van der Waals surface area contributed by atoms with Gasteiger partial charge in [-0.3, -0.25) is 0 Å². The molecule has 0 spiro atoms. The van der Waals surface area contributed by atoms with E-state index < -0.39 is 0 Å². The Balaban J connectivity index is 2.80. The highest BCUT2D eigenvalue weighted by molar-refractivity contribution is 5.62. The zero-order valence-corrected chi connectivity index (χ0v) is 5.32. The van der Waals surface area contributed by atoms with Crippen LogP contribution >= 0.6 is 0 Å². The van der Waals surface area contributed by atoms with Crippen molar-refractivity contribution in [1.82, 2.24) is 4.73 Å². The van der Waals surface area contributed by atoms with E-state index in [-0.39, 0.29) is 0 Å². The Morgan fingerprint density at radius 1 is 1.10 bits per heavy atom. The average Bonchev–Trinajstić information content (AvgIpc) is 2.36. The first kappa shape index (κ1) is 5.35. The summed E-state index contributed by atoms with van der Waals surface area (Å²) in [6.45, 7) is 0. The third kappa shape index (κ3) is 0.589. The Kier molecular flexibility index (Phi) is 0.947. The molecule has 0 aromatic rings. The van der Waals surface area contributed by atoms with E-state index in [4.69, 9.17) is 0 Å². The van der Waals surface area contributed by atoms with E-state index in [1.165, 1.54) is 6.20 Å². The summed E-state index contributed by atoms with van der Waals surface area (Å²) >= 11 is 0. The Morgan fingerprint density at radius 3 is 2.70 bits per heavy atom. The van der Waals surface area contributed by atoms with E-state index in [1.807, 2.05) is 24.3 Å². The second-order valence-corrected chi connectivity index (χ2v) is 2.20. The maximum Gasteiger partial charge on any atom is 0.0432 e. The van der Waals surface area contributed by atoms with Gasteiger partial charge in [0.25, 0.3) is 0 Å². The molecule has 1 heterocycles. The molecular formula is C8H6NO-. The van der Waals surface area contributed by atoms with Crippen molar-refractivity contribution in [1.29, 1.82) is 0 Å². The largest absolute Gasteiger partial charge is 0.806 e. The van der Waals surface area contributed by atoms with Crippen molar-refractivity contribution in [3.8, 4) is 11.3 Å². The van der Waals surface area contributed by atoms with Gasteiger partial charge in [-0.2, -0.15) is 0 Å². The van der Waals surface area contributed by atoms with Gasteiger partial charge in [0.05, 0.1) is 0 Å². The second kappa shape index (κ2) is 1.77. The van der Waals surface area contributed by atoms with Crippen molar-refractivity contribution < 1.29 is 0 Å². The molecule has 0 atom stereocenters. The molecule has 0 fully saturated rings. The first-order chi connectivity index (χ1) is 4.88. The predicted molar refractivity (Wildman–Crippen MR) is 39.8 cm³/mol. The summed E-state index contributed by atoms with van der Waals surface area (Å²) < 4.78 is 0.870. The fraction of sp³-hybridized carbons (Fsp3) is 0. The molecule has 50 valence electrons. The van der Waals surface area contributed by atoms with Gasteiger partial charge in [0.1, 0.15) is 0 Å². The standard InChI is InChI=1S/C8H6NO/c10-9-6-2-4-7-3-1-5-8(7)9/h1-6H/q-1. The molecule has 0 N–H and O–H groups in total. The lowest BCUT2D eigenvalue weighted by Crippen LogP contribution is -1.90. The summed E-state index contributed by atoms with van der Waals surface area (Å²) in [6.07, 6.45) is 1.50. The summed E-state index contributed by atoms with van der Waals surface area (Å²) in [6, 6.07) is 9.27. The van der Waals surface area contributed by atoms with Crippen LogP contribution in [0.5, 0.6) is 0 Å². The Morgan fingerprint density at radius 2 is 1.90 bits per heavy atom. The van der Waals surface area contributed by atoms with Crippen LogP contribution in [-0.4, -0.2) is 4.73 Å². The van der Waals surface area contributed by atoms with Gasteiger partial charge in [0, 0.05) is 5.69 Å². The van der Waals surface area contributed by atoms with Gasteiger partial charge in [0.2, 0.25) is 0 Å². The molecule has 0 aromatic carbocycles.